The lowest BCUT2D eigenvalue weighted by atomic mass is 10.2. The van der Waals surface area contributed by atoms with Crippen LogP contribution in [-0.4, -0.2) is 34.7 Å². The Bertz CT molecular complexity index is 514. The van der Waals surface area contributed by atoms with Crippen LogP contribution in [0.5, 0.6) is 0 Å². The largest absolute Gasteiger partial charge is 0.349 e. The van der Waals surface area contributed by atoms with E-state index in [1.54, 1.807) is 6.26 Å². The smallest absolute Gasteiger partial charge is 0.262 e. The number of hydrogen-bond donors (Lipinski definition) is 2. The first kappa shape index (κ1) is 15.9. The van der Waals surface area contributed by atoms with Crippen LogP contribution in [0.1, 0.15) is 28.6 Å². The average Bonchev–Trinajstić information content (AvgIpc) is 2.82. The summed E-state index contributed by atoms with van der Waals surface area (Å²) in [6, 6.07) is 1.81. The molecule has 4 nitrogen and oxygen atoms in total. The number of thiophene rings is 1. The number of carbonyl (C=O) groups is 1. The molecule has 1 aromatic rings. The maximum Gasteiger partial charge on any atom is 0.262 e. The van der Waals surface area contributed by atoms with Gasteiger partial charge in [-0.3, -0.25) is 9.00 Å². The fourth-order valence-electron chi connectivity index (χ4n) is 1.43. The summed E-state index contributed by atoms with van der Waals surface area (Å²) < 4.78 is 11.0. The third-order valence-corrected chi connectivity index (χ3v) is 4.14. The van der Waals surface area contributed by atoms with Gasteiger partial charge in [0.25, 0.3) is 5.91 Å². The highest BCUT2D eigenvalue weighted by Crippen LogP contribution is 2.16. The Hall–Kier alpha value is -1.16. The molecule has 3 N–H and O–H groups in total. The predicted molar refractivity (Wildman–Crippen MR) is 80.7 cm³/mol. The van der Waals surface area contributed by atoms with Crippen molar-refractivity contribution in [2.45, 2.75) is 19.4 Å². The molecule has 0 radical (unpaired) electrons. The molecular formula is C13H18N2O2S2. The molecule has 1 heterocycles. The summed E-state index contributed by atoms with van der Waals surface area (Å²) in [7, 11) is -0.831. The van der Waals surface area contributed by atoms with E-state index in [0.29, 0.717) is 22.6 Å². The van der Waals surface area contributed by atoms with Crippen molar-refractivity contribution in [2.75, 3.05) is 18.6 Å². The molecule has 0 saturated heterocycles. The quantitative estimate of drug-likeness (QED) is 0.795. The van der Waals surface area contributed by atoms with Gasteiger partial charge in [-0.2, -0.15) is 0 Å². The highest BCUT2D eigenvalue weighted by atomic mass is 32.2. The fraction of sp³-hybridized carbons (Fsp3) is 0.462. The molecule has 1 amide bonds. The van der Waals surface area contributed by atoms with E-state index in [4.69, 9.17) is 5.73 Å². The second-order valence-corrected chi connectivity index (χ2v) is 6.58. The van der Waals surface area contributed by atoms with Crippen LogP contribution >= 0.6 is 11.3 Å². The first-order valence-corrected chi connectivity index (χ1v) is 8.52. The summed E-state index contributed by atoms with van der Waals surface area (Å²) in [6.45, 7) is 2.18. The normalized spacial score (nSPS) is 13.2. The van der Waals surface area contributed by atoms with Gasteiger partial charge < -0.3 is 11.1 Å². The van der Waals surface area contributed by atoms with Crippen LogP contribution < -0.4 is 11.1 Å². The number of carbonyl (C=O) groups excluding carboxylic acids is 1. The molecule has 1 rings (SSSR count). The molecule has 0 aliphatic rings. The summed E-state index contributed by atoms with van der Waals surface area (Å²) in [5.74, 6) is 6.08. The van der Waals surface area contributed by atoms with Crippen LogP contribution in [0, 0.1) is 11.8 Å². The molecule has 0 spiro atoms. The molecule has 0 fully saturated rings. The molecule has 0 aromatic carbocycles. The van der Waals surface area contributed by atoms with Crippen LogP contribution in [0.3, 0.4) is 0 Å². The van der Waals surface area contributed by atoms with Crippen LogP contribution in [0.4, 0.5) is 0 Å². The van der Waals surface area contributed by atoms with Gasteiger partial charge in [-0.15, -0.1) is 11.3 Å². The third kappa shape index (κ3) is 5.55. The SMILES string of the molecule is CC(CCS(C)=O)NC(=O)c1sccc1C#CCN. The molecule has 0 bridgehead atoms. The van der Waals surface area contributed by atoms with E-state index in [0.717, 1.165) is 0 Å². The van der Waals surface area contributed by atoms with E-state index in [9.17, 15) is 9.00 Å². The lowest BCUT2D eigenvalue weighted by Gasteiger charge is -2.12. The lowest BCUT2D eigenvalue weighted by molar-refractivity contribution is 0.0943. The molecule has 104 valence electrons. The monoisotopic (exact) mass is 298 g/mol. The molecule has 2 atom stereocenters. The van der Waals surface area contributed by atoms with Gasteiger partial charge in [0.2, 0.25) is 0 Å². The fourth-order valence-corrected chi connectivity index (χ4v) is 2.87. The Morgan fingerprint density at radius 1 is 1.63 bits per heavy atom. The van der Waals surface area contributed by atoms with E-state index in [-0.39, 0.29) is 18.5 Å². The second-order valence-electron chi connectivity index (χ2n) is 4.11. The zero-order valence-corrected chi connectivity index (χ0v) is 12.7. The Morgan fingerprint density at radius 2 is 2.37 bits per heavy atom. The van der Waals surface area contributed by atoms with Gasteiger partial charge in [-0.25, -0.2) is 0 Å². The molecular weight excluding hydrogens is 280 g/mol. The van der Waals surface area contributed by atoms with Crippen molar-refractivity contribution in [3.05, 3.63) is 21.9 Å². The minimum absolute atomic E-state index is 0.00572. The van der Waals surface area contributed by atoms with Crippen LogP contribution in [-0.2, 0) is 10.8 Å². The van der Waals surface area contributed by atoms with Crippen LogP contribution in [0.25, 0.3) is 0 Å². The second kappa shape index (κ2) is 8.10. The van der Waals surface area contributed by atoms with Crippen molar-refractivity contribution in [1.29, 1.82) is 0 Å². The Kier molecular flexibility index (Phi) is 6.78. The van der Waals surface area contributed by atoms with Gasteiger partial charge in [0, 0.05) is 34.4 Å². The van der Waals surface area contributed by atoms with Gasteiger partial charge in [-0.05, 0) is 24.8 Å². The lowest BCUT2D eigenvalue weighted by Crippen LogP contribution is -2.33. The maximum absolute atomic E-state index is 12.1. The molecule has 0 saturated carbocycles. The average molecular weight is 298 g/mol. The van der Waals surface area contributed by atoms with E-state index < -0.39 is 10.8 Å². The topological polar surface area (TPSA) is 72.2 Å². The van der Waals surface area contributed by atoms with Crippen molar-refractivity contribution in [1.82, 2.24) is 5.32 Å². The van der Waals surface area contributed by atoms with Gasteiger partial charge in [0.1, 0.15) is 4.88 Å². The zero-order chi connectivity index (χ0) is 14.3. The summed E-state index contributed by atoms with van der Waals surface area (Å²) >= 11 is 1.36. The molecule has 1 aromatic heterocycles. The molecule has 0 aliphatic carbocycles. The highest BCUT2D eigenvalue weighted by molar-refractivity contribution is 7.84. The van der Waals surface area contributed by atoms with Crippen molar-refractivity contribution in [3.8, 4) is 11.8 Å². The van der Waals surface area contributed by atoms with Crippen molar-refractivity contribution in [2.24, 2.45) is 5.73 Å². The van der Waals surface area contributed by atoms with Gasteiger partial charge in [0.05, 0.1) is 6.54 Å². The minimum Gasteiger partial charge on any atom is -0.349 e. The standard InChI is InChI=1S/C13H18N2O2S2/c1-10(6-9-19(2)17)15-13(16)12-11(4-3-7-14)5-8-18-12/h5,8,10H,6-7,9,14H2,1-2H3,(H,15,16). The van der Waals surface area contributed by atoms with Crippen LogP contribution in [0.15, 0.2) is 11.4 Å². The van der Waals surface area contributed by atoms with Gasteiger partial charge in [-0.1, -0.05) is 11.8 Å². The number of rotatable bonds is 5. The third-order valence-electron chi connectivity index (χ3n) is 2.41. The highest BCUT2D eigenvalue weighted by Gasteiger charge is 2.14. The predicted octanol–water partition coefficient (Wildman–Crippen LogP) is 0.945. The maximum atomic E-state index is 12.1. The first-order valence-electron chi connectivity index (χ1n) is 5.92. The van der Waals surface area contributed by atoms with E-state index >= 15 is 0 Å². The first-order chi connectivity index (χ1) is 9.04. The minimum atomic E-state index is -0.831. The van der Waals surface area contributed by atoms with Gasteiger partial charge in [0.15, 0.2) is 0 Å². The number of nitrogens with two attached hydrogens (primary N) is 1. The number of amides is 1. The summed E-state index contributed by atoms with van der Waals surface area (Å²) in [5.41, 5.74) is 6.03. The van der Waals surface area contributed by atoms with E-state index in [2.05, 4.69) is 17.2 Å². The van der Waals surface area contributed by atoms with Crippen molar-refractivity contribution < 1.29 is 9.00 Å². The summed E-state index contributed by atoms with van der Waals surface area (Å²) in [4.78, 5) is 12.7. The molecule has 6 heteroatoms. The van der Waals surface area contributed by atoms with E-state index in [1.165, 1.54) is 11.3 Å². The number of nitrogens with one attached hydrogen (secondary N) is 1. The van der Waals surface area contributed by atoms with E-state index in [1.807, 2.05) is 18.4 Å². The van der Waals surface area contributed by atoms with Crippen molar-refractivity contribution in [3.63, 3.8) is 0 Å². The number of hydrogen-bond acceptors (Lipinski definition) is 4. The van der Waals surface area contributed by atoms with Gasteiger partial charge >= 0.3 is 0 Å². The van der Waals surface area contributed by atoms with Crippen molar-refractivity contribution >= 4 is 28.0 Å². The summed E-state index contributed by atoms with van der Waals surface area (Å²) in [6.07, 6.45) is 2.36. The molecule has 0 aliphatic heterocycles. The summed E-state index contributed by atoms with van der Waals surface area (Å²) in [5, 5.41) is 4.73. The Morgan fingerprint density at radius 3 is 3.00 bits per heavy atom. The Labute approximate surface area is 120 Å². The molecule has 2 unspecified atom stereocenters. The Balaban J connectivity index is 2.63. The van der Waals surface area contributed by atoms with Crippen LogP contribution in [0.2, 0.25) is 0 Å². The molecule has 19 heavy (non-hydrogen) atoms. The zero-order valence-electron chi connectivity index (χ0n) is 11.1.